The second-order valence-electron chi connectivity index (χ2n) is 15.8. The number of hydrogen-bond donors (Lipinski definition) is 5. The molecule has 5 aromatic carbocycles. The lowest BCUT2D eigenvalue weighted by atomic mass is 10.1. The van der Waals surface area contributed by atoms with E-state index in [2.05, 4.69) is 53.1 Å². The van der Waals surface area contributed by atoms with Crippen LogP contribution in [-0.4, -0.2) is 51.1 Å². The largest absolute Gasteiger partial charge is 0.443 e. The van der Waals surface area contributed by atoms with Crippen LogP contribution in [0.1, 0.15) is 100 Å². The number of amides is 6. The number of nitrogens with one attached hydrogen (secondary N) is 4. The van der Waals surface area contributed by atoms with Crippen molar-refractivity contribution in [3.63, 3.8) is 0 Å². The number of nitrogens with zero attached hydrogens (tertiary/aromatic N) is 2. The number of nitro groups is 1. The Balaban J connectivity index is 0.000000142. The number of imide groups is 1. The fourth-order valence-corrected chi connectivity index (χ4v) is 9.30. The maximum atomic E-state index is 12.2. The summed E-state index contributed by atoms with van der Waals surface area (Å²) >= 11 is 36.1. The fraction of sp³-hybridized carbons (Fsp3) is 0.200. The van der Waals surface area contributed by atoms with Crippen molar-refractivity contribution in [3.05, 3.63) is 167 Å². The van der Waals surface area contributed by atoms with E-state index >= 15 is 0 Å². The third-order valence-electron chi connectivity index (χ3n) is 10.3. The highest BCUT2D eigenvalue weighted by atomic mass is 79.9. The molecule has 6 N–H and O–H groups in total. The highest BCUT2D eigenvalue weighted by Crippen LogP contribution is 2.36. The molecule has 0 atom stereocenters. The normalized spacial score (nSPS) is 14.3. The molecule has 0 fully saturated rings. The second-order valence-corrected chi connectivity index (χ2v) is 19.5. The van der Waals surface area contributed by atoms with E-state index in [1.54, 1.807) is 75.4 Å². The van der Waals surface area contributed by atoms with Gasteiger partial charge in [-0.3, -0.25) is 34.1 Å². The van der Waals surface area contributed by atoms with Crippen molar-refractivity contribution >= 4 is 137 Å². The van der Waals surface area contributed by atoms with Gasteiger partial charge in [0, 0.05) is 105 Å². The summed E-state index contributed by atoms with van der Waals surface area (Å²) < 4.78 is 6.64. The number of nitrogen functional groups attached to an aromatic ring is 1. The first kappa shape index (κ1) is 51.9. The molecule has 5 heterocycles. The van der Waals surface area contributed by atoms with E-state index in [0.29, 0.717) is 88.3 Å². The average molecular weight is 1160 g/mol. The summed E-state index contributed by atoms with van der Waals surface area (Å²) in [5, 5.41) is 23.9. The molecular formula is C45H36Br2Cl5N7O9. The van der Waals surface area contributed by atoms with Gasteiger partial charge in [0.25, 0.3) is 35.2 Å². The van der Waals surface area contributed by atoms with Gasteiger partial charge in [0.2, 0.25) is 0 Å². The third-order valence-corrected chi connectivity index (χ3v) is 13.4. The summed E-state index contributed by atoms with van der Waals surface area (Å²) in [6, 6.07) is 18.3. The number of hydrogen-bond acceptors (Lipinski definition) is 10. The molecule has 0 aromatic heterocycles. The summed E-state index contributed by atoms with van der Waals surface area (Å²) in [6.07, 6.45) is -0.656. The number of nitrogens with two attached hydrogens (primary N) is 1. The summed E-state index contributed by atoms with van der Waals surface area (Å²) in [4.78, 5) is 80.0. The van der Waals surface area contributed by atoms with Gasteiger partial charge in [0.15, 0.2) is 0 Å². The molecule has 0 spiro atoms. The van der Waals surface area contributed by atoms with Gasteiger partial charge in [-0.15, -0.1) is 0 Å². The van der Waals surface area contributed by atoms with Crippen LogP contribution in [0.15, 0.2) is 75.7 Å². The predicted molar refractivity (Wildman–Crippen MR) is 265 cm³/mol. The van der Waals surface area contributed by atoms with E-state index < -0.39 is 28.4 Å². The molecule has 16 nitrogen and oxygen atoms in total. The molecule has 354 valence electrons. The van der Waals surface area contributed by atoms with Crippen molar-refractivity contribution in [1.82, 2.24) is 26.2 Å². The zero-order valence-corrected chi connectivity index (χ0v) is 42.6. The standard InChI is InChI=1S/C13H13BrClNO3.C8H5BrClNO.C8H5ClN2O3.C8H7ClN2O.C8H6ClNO/c1-13(2,3)19-12(18)16-6-7-9(15)5-4-8(14)10(7)11(16)17;9-5-1-2-6(10)4-3-11-8(12)7(4)5;9-5-1-2-6(11(13)14)7-4(5)3-10-8(7)12;9-5-1-2-6(10)7-4(5)3-11-8(7)12;9-7-3-1-2-5-6(7)4-10-8(5)11/h4-5H,6H2,1-3H3;1-2H,3H2,(H,11,12);1-2H,3H2,(H,10,12);1-2H,3,10H2,(H,11,12);1-3H,4H2,(H,10,11). The summed E-state index contributed by atoms with van der Waals surface area (Å²) in [6.45, 7) is 7.23. The van der Waals surface area contributed by atoms with Crippen molar-refractivity contribution in [2.24, 2.45) is 0 Å². The first-order chi connectivity index (χ1) is 32.0. The number of benzene rings is 5. The zero-order chi connectivity index (χ0) is 49.9. The molecule has 0 bridgehead atoms. The van der Waals surface area contributed by atoms with Crippen molar-refractivity contribution in [2.45, 2.75) is 59.1 Å². The molecule has 5 aromatic rings. The van der Waals surface area contributed by atoms with E-state index in [1.165, 1.54) is 12.1 Å². The molecule has 10 rings (SSSR count). The SMILES string of the molecule is CC(C)(C)OC(=O)N1Cc2c(Cl)ccc(Br)c2C1=O.Nc1ccc(Cl)c2c1C(=O)NC2.O=C1NCc2c(Cl)ccc(Br)c21.O=C1NCc2c(Cl)ccc([N+](=O)[O-])c21.O=C1NCc2c(Cl)cccc21. The Bertz CT molecular complexity index is 2900. The van der Waals surface area contributed by atoms with Crippen LogP contribution in [-0.2, 0) is 37.5 Å². The number of anilines is 1. The molecule has 23 heteroatoms. The lowest BCUT2D eigenvalue weighted by Gasteiger charge is -2.23. The van der Waals surface area contributed by atoms with Gasteiger partial charge in [0.1, 0.15) is 11.2 Å². The number of nitro benzene ring substituents is 1. The quantitative estimate of drug-likeness (QED) is 0.0605. The molecule has 5 aliphatic rings. The van der Waals surface area contributed by atoms with Gasteiger partial charge < -0.3 is 31.7 Å². The molecule has 68 heavy (non-hydrogen) atoms. The van der Waals surface area contributed by atoms with E-state index in [-0.39, 0.29) is 42.1 Å². The molecule has 0 saturated heterocycles. The van der Waals surface area contributed by atoms with Crippen molar-refractivity contribution < 1.29 is 38.4 Å². The lowest BCUT2D eigenvalue weighted by molar-refractivity contribution is -0.385. The average Bonchev–Trinajstić information content (AvgIpc) is 4.12. The molecule has 0 radical (unpaired) electrons. The molecule has 0 unspecified atom stereocenters. The van der Waals surface area contributed by atoms with E-state index in [0.717, 1.165) is 26.1 Å². The summed E-state index contributed by atoms with van der Waals surface area (Å²) in [5.74, 6) is -1.04. The highest BCUT2D eigenvalue weighted by molar-refractivity contribution is 9.10. The Morgan fingerprint density at radius 1 is 0.618 bits per heavy atom. The molecule has 0 aliphatic carbocycles. The van der Waals surface area contributed by atoms with Gasteiger partial charge >= 0.3 is 6.09 Å². The Hall–Kier alpha value is -5.47. The van der Waals surface area contributed by atoms with Crippen LogP contribution in [0.4, 0.5) is 16.2 Å². The van der Waals surface area contributed by atoms with Gasteiger partial charge in [-0.25, -0.2) is 9.69 Å². The maximum absolute atomic E-state index is 12.2. The minimum Gasteiger partial charge on any atom is -0.443 e. The number of ether oxygens (including phenoxy) is 1. The first-order valence-corrected chi connectivity index (χ1v) is 23.4. The van der Waals surface area contributed by atoms with Crippen LogP contribution in [0.5, 0.6) is 0 Å². The summed E-state index contributed by atoms with van der Waals surface area (Å²) in [7, 11) is 0. The molecule has 0 saturated carbocycles. The predicted octanol–water partition coefficient (Wildman–Crippen LogP) is 10.6. The Kier molecular flexibility index (Phi) is 16.4. The maximum Gasteiger partial charge on any atom is 0.417 e. The van der Waals surface area contributed by atoms with Crippen LogP contribution >= 0.6 is 89.9 Å². The highest BCUT2D eigenvalue weighted by Gasteiger charge is 2.38. The zero-order valence-electron chi connectivity index (χ0n) is 35.7. The number of halogens is 7. The van der Waals surface area contributed by atoms with Gasteiger partial charge in [-0.1, -0.05) is 64.1 Å². The van der Waals surface area contributed by atoms with Gasteiger partial charge in [0.05, 0.1) is 28.2 Å². The Morgan fingerprint density at radius 3 is 1.57 bits per heavy atom. The molecular weight excluding hydrogens is 1120 g/mol. The van der Waals surface area contributed by atoms with Crippen LogP contribution < -0.4 is 27.0 Å². The van der Waals surface area contributed by atoms with E-state index in [9.17, 15) is 38.9 Å². The monoisotopic (exact) mass is 1150 g/mol. The second kappa shape index (κ2) is 21.4. The fourth-order valence-electron chi connectivity index (χ4n) is 7.08. The minimum atomic E-state index is -0.656. The van der Waals surface area contributed by atoms with E-state index in [4.69, 9.17) is 68.5 Å². The topological polar surface area (TPSA) is 232 Å². The Labute approximate surface area is 429 Å². The van der Waals surface area contributed by atoms with E-state index in [1.807, 2.05) is 0 Å². The van der Waals surface area contributed by atoms with Crippen molar-refractivity contribution in [3.8, 4) is 0 Å². The van der Waals surface area contributed by atoms with Crippen molar-refractivity contribution in [1.29, 1.82) is 0 Å². The number of carbonyl (C=O) groups is 6. The third kappa shape index (κ3) is 11.3. The lowest BCUT2D eigenvalue weighted by Crippen LogP contribution is -2.36. The first-order valence-electron chi connectivity index (χ1n) is 19.9. The van der Waals surface area contributed by atoms with Crippen molar-refractivity contribution in [2.75, 3.05) is 5.73 Å². The van der Waals surface area contributed by atoms with Gasteiger partial charge in [-0.05, 0) is 107 Å². The molecule has 5 aliphatic heterocycles. The van der Waals surface area contributed by atoms with Gasteiger partial charge in [-0.2, -0.15) is 0 Å². The van der Waals surface area contributed by atoms with Crippen LogP contribution in [0.3, 0.4) is 0 Å². The summed E-state index contributed by atoms with van der Waals surface area (Å²) in [5.41, 5.74) is 11.4. The van der Waals surface area contributed by atoms with Crippen LogP contribution in [0.2, 0.25) is 25.1 Å². The minimum absolute atomic E-state index is 0.0255. The smallest absolute Gasteiger partial charge is 0.417 e. The van der Waals surface area contributed by atoms with Crippen LogP contribution in [0, 0.1) is 10.1 Å². The van der Waals surface area contributed by atoms with Crippen LogP contribution in [0.25, 0.3) is 0 Å². The molecule has 6 amide bonds. The number of rotatable bonds is 1. The number of carbonyl (C=O) groups excluding carboxylic acids is 6. The number of fused-ring (bicyclic) bond motifs is 5. The Morgan fingerprint density at radius 2 is 1.06 bits per heavy atom.